The minimum absolute atomic E-state index is 0.0607. The summed E-state index contributed by atoms with van der Waals surface area (Å²) < 4.78 is 0. The van der Waals surface area contributed by atoms with Crippen molar-refractivity contribution in [2.24, 2.45) is 10.9 Å². The number of allylic oxidation sites excluding steroid dienone is 2. The fourth-order valence-electron chi connectivity index (χ4n) is 3.73. The predicted molar refractivity (Wildman–Crippen MR) is 98.5 cm³/mol. The van der Waals surface area contributed by atoms with Crippen LogP contribution in [0.3, 0.4) is 0 Å². The molecule has 0 aromatic heterocycles. The number of nitrogens with zero attached hydrogens (tertiary/aromatic N) is 2. The molecule has 2 N–H and O–H groups in total. The number of imide groups is 1. The Kier molecular flexibility index (Phi) is 5.53. The smallest absolute Gasteiger partial charge is 0.249 e. The first-order valence-electron chi connectivity index (χ1n) is 9.27. The van der Waals surface area contributed by atoms with Gasteiger partial charge in [-0.05, 0) is 25.3 Å². The Morgan fingerprint density at radius 2 is 2.15 bits per heavy atom. The first kappa shape index (κ1) is 19.0. The number of piperidine rings is 1. The van der Waals surface area contributed by atoms with E-state index in [-0.39, 0.29) is 43.1 Å². The van der Waals surface area contributed by atoms with Crippen molar-refractivity contribution in [3.8, 4) is 0 Å². The maximum absolute atomic E-state index is 13.3. The lowest BCUT2D eigenvalue weighted by molar-refractivity contribution is -0.144. The van der Waals surface area contributed by atoms with E-state index in [2.05, 4.69) is 15.6 Å². The Morgan fingerprint density at radius 3 is 2.85 bits per heavy atom. The van der Waals surface area contributed by atoms with Crippen LogP contribution in [0.1, 0.15) is 39.5 Å². The number of hydrogen-bond donors (Lipinski definition) is 2. The summed E-state index contributed by atoms with van der Waals surface area (Å²) in [6.07, 6.45) is 7.18. The van der Waals surface area contributed by atoms with Gasteiger partial charge in [0.05, 0.1) is 12.0 Å². The Morgan fingerprint density at radius 1 is 1.37 bits per heavy atom. The van der Waals surface area contributed by atoms with Gasteiger partial charge in [-0.15, -0.1) is 0 Å². The number of amides is 4. The molecule has 3 rings (SSSR count). The van der Waals surface area contributed by atoms with E-state index in [1.165, 1.54) is 4.90 Å². The van der Waals surface area contributed by atoms with Crippen LogP contribution in [0.5, 0.6) is 0 Å². The molecule has 8 nitrogen and oxygen atoms in total. The number of fused-ring (bicyclic) bond motifs is 1. The fourth-order valence-corrected chi connectivity index (χ4v) is 3.73. The maximum Gasteiger partial charge on any atom is 0.249 e. The van der Waals surface area contributed by atoms with Gasteiger partial charge >= 0.3 is 0 Å². The molecule has 3 unspecified atom stereocenters. The SMILES string of the molecule is CCCC(=O)NCC1=CC=CC2N=C(C)N(C3CCC(=O)NC3=O)C(=O)C12. The van der Waals surface area contributed by atoms with Crippen molar-refractivity contribution in [2.75, 3.05) is 6.54 Å². The van der Waals surface area contributed by atoms with Crippen LogP contribution in [0.2, 0.25) is 0 Å². The third-order valence-electron chi connectivity index (χ3n) is 5.04. The molecule has 144 valence electrons. The highest BCUT2D eigenvalue weighted by Gasteiger charge is 2.44. The van der Waals surface area contributed by atoms with E-state index in [9.17, 15) is 19.2 Å². The van der Waals surface area contributed by atoms with Crippen LogP contribution >= 0.6 is 0 Å². The minimum atomic E-state index is -0.735. The van der Waals surface area contributed by atoms with Gasteiger partial charge in [-0.1, -0.05) is 25.2 Å². The molecule has 8 heteroatoms. The zero-order chi connectivity index (χ0) is 19.6. The first-order valence-corrected chi connectivity index (χ1v) is 9.27. The van der Waals surface area contributed by atoms with Crippen LogP contribution in [0.4, 0.5) is 0 Å². The van der Waals surface area contributed by atoms with Crippen molar-refractivity contribution < 1.29 is 19.2 Å². The lowest BCUT2D eigenvalue weighted by Crippen LogP contribution is -2.60. The third-order valence-corrected chi connectivity index (χ3v) is 5.04. The van der Waals surface area contributed by atoms with E-state index < -0.39 is 17.9 Å². The number of rotatable bonds is 5. The topological polar surface area (TPSA) is 108 Å². The number of amidine groups is 1. The third kappa shape index (κ3) is 3.84. The highest BCUT2D eigenvalue weighted by Crippen LogP contribution is 2.31. The van der Waals surface area contributed by atoms with Gasteiger partial charge < -0.3 is 5.32 Å². The van der Waals surface area contributed by atoms with Crippen LogP contribution in [-0.2, 0) is 19.2 Å². The predicted octanol–water partition coefficient (Wildman–Crippen LogP) is 0.450. The second-order valence-corrected chi connectivity index (χ2v) is 6.97. The summed E-state index contributed by atoms with van der Waals surface area (Å²) in [7, 11) is 0. The van der Waals surface area contributed by atoms with Gasteiger partial charge in [-0.25, -0.2) is 0 Å². The molecule has 3 atom stereocenters. The monoisotopic (exact) mass is 372 g/mol. The summed E-state index contributed by atoms with van der Waals surface area (Å²) in [5.74, 6) is -1.16. The molecule has 3 aliphatic rings. The summed E-state index contributed by atoms with van der Waals surface area (Å²) in [6, 6.07) is -1.08. The molecule has 0 spiro atoms. The second-order valence-electron chi connectivity index (χ2n) is 6.97. The molecule has 1 fully saturated rings. The van der Waals surface area contributed by atoms with Gasteiger partial charge in [0.25, 0.3) is 0 Å². The number of carbonyl (C=O) groups is 4. The highest BCUT2D eigenvalue weighted by molar-refractivity contribution is 6.08. The minimum Gasteiger partial charge on any atom is -0.352 e. The summed E-state index contributed by atoms with van der Waals surface area (Å²) >= 11 is 0. The van der Waals surface area contributed by atoms with Gasteiger partial charge in [0.2, 0.25) is 23.6 Å². The quantitative estimate of drug-likeness (QED) is 0.683. The van der Waals surface area contributed by atoms with Crippen molar-refractivity contribution in [3.05, 3.63) is 23.8 Å². The normalized spacial score (nSPS) is 27.6. The van der Waals surface area contributed by atoms with Crippen molar-refractivity contribution in [3.63, 3.8) is 0 Å². The molecular weight excluding hydrogens is 348 g/mol. The summed E-state index contributed by atoms with van der Waals surface area (Å²) in [6.45, 7) is 3.90. The lowest BCUT2D eigenvalue weighted by Gasteiger charge is -2.41. The molecule has 1 saturated heterocycles. The van der Waals surface area contributed by atoms with Crippen molar-refractivity contribution in [2.45, 2.75) is 51.6 Å². The second kappa shape index (κ2) is 7.85. The van der Waals surface area contributed by atoms with E-state index in [4.69, 9.17) is 0 Å². The van der Waals surface area contributed by atoms with E-state index in [1.807, 2.05) is 25.2 Å². The number of nitrogens with one attached hydrogen (secondary N) is 2. The van der Waals surface area contributed by atoms with Crippen LogP contribution in [0.25, 0.3) is 0 Å². The average molecular weight is 372 g/mol. The Balaban J connectivity index is 1.81. The summed E-state index contributed by atoms with van der Waals surface area (Å²) in [5.41, 5.74) is 0.769. The van der Waals surface area contributed by atoms with Gasteiger partial charge in [-0.3, -0.25) is 34.4 Å². The van der Waals surface area contributed by atoms with Crippen molar-refractivity contribution in [1.82, 2.24) is 15.5 Å². The molecular formula is C19H24N4O4. The summed E-state index contributed by atoms with van der Waals surface area (Å²) in [4.78, 5) is 54.8. The first-order chi connectivity index (χ1) is 12.9. The van der Waals surface area contributed by atoms with Crippen molar-refractivity contribution >= 4 is 29.5 Å². The van der Waals surface area contributed by atoms with E-state index >= 15 is 0 Å². The average Bonchev–Trinajstić information content (AvgIpc) is 2.61. The van der Waals surface area contributed by atoms with Crippen molar-refractivity contribution in [1.29, 1.82) is 0 Å². The van der Waals surface area contributed by atoms with Crippen LogP contribution < -0.4 is 10.6 Å². The highest BCUT2D eigenvalue weighted by atomic mass is 16.2. The molecule has 27 heavy (non-hydrogen) atoms. The number of hydrogen-bond acceptors (Lipinski definition) is 5. The van der Waals surface area contributed by atoms with Crippen LogP contribution in [0.15, 0.2) is 28.8 Å². The molecule has 1 aliphatic carbocycles. The van der Waals surface area contributed by atoms with Crippen LogP contribution in [0, 0.1) is 5.92 Å². The van der Waals surface area contributed by atoms with Gasteiger partial charge in [0.15, 0.2) is 0 Å². The molecule has 2 aliphatic heterocycles. The zero-order valence-electron chi connectivity index (χ0n) is 15.5. The molecule has 0 radical (unpaired) electrons. The van der Waals surface area contributed by atoms with E-state index in [0.29, 0.717) is 12.3 Å². The number of carbonyl (C=O) groups excluding carboxylic acids is 4. The van der Waals surface area contributed by atoms with E-state index in [1.54, 1.807) is 6.92 Å². The Bertz CT molecular complexity index is 768. The zero-order valence-corrected chi connectivity index (χ0v) is 15.5. The molecule has 0 aromatic carbocycles. The molecule has 0 aromatic rings. The molecule has 2 heterocycles. The summed E-state index contributed by atoms with van der Waals surface area (Å²) in [5, 5.41) is 5.14. The van der Waals surface area contributed by atoms with Crippen LogP contribution in [-0.4, -0.2) is 53.0 Å². The maximum atomic E-state index is 13.3. The Hall–Kier alpha value is -2.77. The number of aliphatic imine (C=N–C) groups is 1. The lowest BCUT2D eigenvalue weighted by atomic mass is 9.84. The molecule has 4 amide bonds. The van der Waals surface area contributed by atoms with Gasteiger partial charge in [0, 0.05) is 19.4 Å². The standard InChI is InChI=1S/C19H24N4O4/c1-3-5-15(24)20-10-12-6-4-7-13-17(12)19(27)23(11(2)21-13)14-8-9-16(25)22-18(14)26/h4,6-7,13-14,17H,3,5,8-10H2,1-2H3,(H,20,24)(H,22,25,26). The van der Waals surface area contributed by atoms with Gasteiger partial charge in [0.1, 0.15) is 11.9 Å². The Labute approximate surface area is 157 Å². The van der Waals surface area contributed by atoms with Gasteiger partial charge in [-0.2, -0.15) is 0 Å². The molecule has 0 saturated carbocycles. The largest absolute Gasteiger partial charge is 0.352 e. The van der Waals surface area contributed by atoms with E-state index in [0.717, 1.165) is 12.0 Å². The fraction of sp³-hybridized carbons (Fsp3) is 0.526. The molecule has 0 bridgehead atoms.